The summed E-state index contributed by atoms with van der Waals surface area (Å²) in [5.74, 6) is -0.270. The Balaban J connectivity index is 1.94. The maximum atomic E-state index is 13.6. The molecule has 3 aromatic carbocycles. The van der Waals surface area contributed by atoms with Gasteiger partial charge in [-0.3, -0.25) is 9.59 Å². The zero-order valence-electron chi connectivity index (χ0n) is 18.3. The minimum atomic E-state index is -0.626. The molecular formula is C27H29ClN2O2. The lowest BCUT2D eigenvalue weighted by atomic mass is 10.0. The molecule has 0 heterocycles. The summed E-state index contributed by atoms with van der Waals surface area (Å²) >= 11 is 6.32. The van der Waals surface area contributed by atoms with E-state index < -0.39 is 6.04 Å². The number of amides is 2. The maximum Gasteiger partial charge on any atom is 0.243 e. The van der Waals surface area contributed by atoms with Crippen molar-refractivity contribution >= 4 is 23.4 Å². The summed E-state index contributed by atoms with van der Waals surface area (Å²) in [6.45, 7) is 2.93. The standard InChI is InChI=1S/C27H29ClN2O2/c1-2-17-29-27(32)25(18-21-11-5-3-6-12-21)30(20-22-13-7-4-8-14-22)26(31)19-23-15-9-10-16-24(23)28/h3-16,25H,2,17-20H2,1H3,(H,29,32)/t25-/m1/s1. The van der Waals surface area contributed by atoms with E-state index in [1.807, 2.05) is 85.8 Å². The van der Waals surface area contributed by atoms with Crippen LogP contribution < -0.4 is 5.32 Å². The summed E-state index contributed by atoms with van der Waals surface area (Å²) in [4.78, 5) is 28.5. The summed E-state index contributed by atoms with van der Waals surface area (Å²) < 4.78 is 0. The van der Waals surface area contributed by atoms with E-state index in [0.29, 0.717) is 24.5 Å². The number of halogens is 1. The lowest BCUT2D eigenvalue weighted by molar-refractivity contribution is -0.140. The van der Waals surface area contributed by atoms with Gasteiger partial charge in [0.1, 0.15) is 6.04 Å². The molecule has 2 amide bonds. The Hall–Kier alpha value is -3.11. The summed E-state index contributed by atoms with van der Waals surface area (Å²) in [7, 11) is 0. The minimum Gasteiger partial charge on any atom is -0.354 e. The first-order valence-electron chi connectivity index (χ1n) is 11.0. The molecule has 0 saturated carbocycles. The fraction of sp³-hybridized carbons (Fsp3) is 0.259. The molecule has 3 rings (SSSR count). The van der Waals surface area contributed by atoms with E-state index in [1.165, 1.54) is 0 Å². The summed E-state index contributed by atoms with van der Waals surface area (Å²) in [5, 5.41) is 3.54. The first kappa shape index (κ1) is 23.6. The van der Waals surface area contributed by atoms with Crippen molar-refractivity contribution < 1.29 is 9.59 Å². The summed E-state index contributed by atoms with van der Waals surface area (Å²) in [5.41, 5.74) is 2.73. The second-order valence-corrected chi connectivity index (χ2v) is 8.18. The van der Waals surface area contributed by atoms with E-state index in [4.69, 9.17) is 11.6 Å². The molecule has 0 unspecified atom stereocenters. The third kappa shape index (κ3) is 6.69. The Labute approximate surface area is 195 Å². The van der Waals surface area contributed by atoms with Crippen molar-refractivity contribution in [2.24, 2.45) is 0 Å². The van der Waals surface area contributed by atoms with Crippen LogP contribution in [0, 0.1) is 0 Å². The van der Waals surface area contributed by atoms with Gasteiger partial charge in [-0.25, -0.2) is 0 Å². The van der Waals surface area contributed by atoms with Crippen LogP contribution in [0.25, 0.3) is 0 Å². The van der Waals surface area contributed by atoms with E-state index >= 15 is 0 Å². The molecule has 5 heteroatoms. The van der Waals surface area contributed by atoms with Crippen molar-refractivity contribution in [1.82, 2.24) is 10.2 Å². The highest BCUT2D eigenvalue weighted by Crippen LogP contribution is 2.20. The molecule has 0 radical (unpaired) electrons. The predicted molar refractivity (Wildman–Crippen MR) is 129 cm³/mol. The highest BCUT2D eigenvalue weighted by molar-refractivity contribution is 6.31. The summed E-state index contributed by atoms with van der Waals surface area (Å²) in [6.07, 6.45) is 1.41. The van der Waals surface area contributed by atoms with Crippen molar-refractivity contribution in [3.63, 3.8) is 0 Å². The second-order valence-electron chi connectivity index (χ2n) is 7.77. The molecule has 0 bridgehead atoms. The normalized spacial score (nSPS) is 11.6. The lowest BCUT2D eigenvalue weighted by Gasteiger charge is -2.31. The Morgan fingerprint density at radius 1 is 0.875 bits per heavy atom. The number of carbonyl (C=O) groups is 2. The van der Waals surface area contributed by atoms with Gasteiger partial charge in [-0.2, -0.15) is 0 Å². The number of hydrogen-bond acceptors (Lipinski definition) is 2. The van der Waals surface area contributed by atoms with Gasteiger partial charge in [-0.1, -0.05) is 97.4 Å². The predicted octanol–water partition coefficient (Wildman–Crippen LogP) is 5.05. The van der Waals surface area contributed by atoms with E-state index in [9.17, 15) is 9.59 Å². The van der Waals surface area contributed by atoms with Crippen molar-refractivity contribution in [3.8, 4) is 0 Å². The Morgan fingerprint density at radius 2 is 1.47 bits per heavy atom. The lowest BCUT2D eigenvalue weighted by Crippen LogP contribution is -2.51. The topological polar surface area (TPSA) is 49.4 Å². The van der Waals surface area contributed by atoms with Gasteiger partial charge in [0.25, 0.3) is 0 Å². The molecule has 0 fully saturated rings. The Bertz CT molecular complexity index is 1010. The van der Waals surface area contributed by atoms with Gasteiger partial charge in [0.05, 0.1) is 6.42 Å². The molecular weight excluding hydrogens is 420 g/mol. The quantitative estimate of drug-likeness (QED) is 0.472. The van der Waals surface area contributed by atoms with Gasteiger partial charge in [0.15, 0.2) is 0 Å². The maximum absolute atomic E-state index is 13.6. The number of benzene rings is 3. The van der Waals surface area contributed by atoms with Crippen LogP contribution in [0.2, 0.25) is 5.02 Å². The van der Waals surface area contributed by atoms with E-state index in [-0.39, 0.29) is 18.2 Å². The number of hydrogen-bond donors (Lipinski definition) is 1. The first-order valence-corrected chi connectivity index (χ1v) is 11.3. The molecule has 0 aliphatic heterocycles. The Morgan fingerprint density at radius 3 is 2.09 bits per heavy atom. The van der Waals surface area contributed by atoms with Gasteiger partial charge in [0, 0.05) is 24.5 Å². The number of carbonyl (C=O) groups excluding carboxylic acids is 2. The van der Waals surface area contributed by atoms with Crippen LogP contribution in [0.15, 0.2) is 84.9 Å². The molecule has 1 atom stereocenters. The van der Waals surface area contributed by atoms with Crippen LogP contribution in [0.1, 0.15) is 30.0 Å². The molecule has 0 aliphatic rings. The molecule has 0 saturated heterocycles. The largest absolute Gasteiger partial charge is 0.354 e. The fourth-order valence-corrected chi connectivity index (χ4v) is 3.81. The van der Waals surface area contributed by atoms with Crippen LogP contribution in [0.5, 0.6) is 0 Å². The fourth-order valence-electron chi connectivity index (χ4n) is 3.61. The van der Waals surface area contributed by atoms with Crippen molar-refractivity contribution in [1.29, 1.82) is 0 Å². The monoisotopic (exact) mass is 448 g/mol. The van der Waals surface area contributed by atoms with Crippen LogP contribution in [-0.4, -0.2) is 29.3 Å². The molecule has 4 nitrogen and oxygen atoms in total. The summed E-state index contributed by atoms with van der Waals surface area (Å²) in [6, 6.07) is 26.3. The van der Waals surface area contributed by atoms with E-state index in [1.54, 1.807) is 11.0 Å². The van der Waals surface area contributed by atoms with E-state index in [0.717, 1.165) is 23.1 Å². The molecule has 32 heavy (non-hydrogen) atoms. The second kappa shape index (κ2) is 12.1. The number of nitrogens with zero attached hydrogens (tertiary/aromatic N) is 1. The van der Waals surface area contributed by atoms with Gasteiger partial charge in [-0.05, 0) is 29.2 Å². The highest BCUT2D eigenvalue weighted by atomic mass is 35.5. The first-order chi connectivity index (χ1) is 15.6. The van der Waals surface area contributed by atoms with Crippen LogP contribution in [-0.2, 0) is 29.0 Å². The van der Waals surface area contributed by atoms with Gasteiger partial charge < -0.3 is 10.2 Å². The molecule has 0 aromatic heterocycles. The smallest absolute Gasteiger partial charge is 0.243 e. The van der Waals surface area contributed by atoms with Crippen LogP contribution in [0.4, 0.5) is 0 Å². The van der Waals surface area contributed by atoms with Gasteiger partial charge >= 0.3 is 0 Å². The highest BCUT2D eigenvalue weighted by Gasteiger charge is 2.30. The molecule has 1 N–H and O–H groups in total. The van der Waals surface area contributed by atoms with Crippen molar-refractivity contribution in [2.45, 2.75) is 38.8 Å². The molecule has 3 aromatic rings. The molecule has 0 spiro atoms. The number of rotatable bonds is 10. The molecule has 0 aliphatic carbocycles. The zero-order valence-corrected chi connectivity index (χ0v) is 19.1. The average Bonchev–Trinajstić information content (AvgIpc) is 2.82. The van der Waals surface area contributed by atoms with E-state index in [2.05, 4.69) is 5.32 Å². The average molecular weight is 449 g/mol. The molecule has 166 valence electrons. The third-order valence-electron chi connectivity index (χ3n) is 5.32. The van der Waals surface area contributed by atoms with Crippen LogP contribution in [0.3, 0.4) is 0 Å². The third-order valence-corrected chi connectivity index (χ3v) is 5.68. The Kier molecular flexibility index (Phi) is 8.88. The van der Waals surface area contributed by atoms with Crippen molar-refractivity contribution in [3.05, 3.63) is 107 Å². The van der Waals surface area contributed by atoms with Crippen molar-refractivity contribution in [2.75, 3.05) is 6.54 Å². The van der Waals surface area contributed by atoms with Gasteiger partial charge in [0.2, 0.25) is 11.8 Å². The number of nitrogens with one attached hydrogen (secondary N) is 1. The SMILES string of the molecule is CCCNC(=O)[C@@H](Cc1ccccc1)N(Cc1ccccc1)C(=O)Cc1ccccc1Cl. The van der Waals surface area contributed by atoms with Crippen LogP contribution >= 0.6 is 11.6 Å². The minimum absolute atomic E-state index is 0.130. The van der Waals surface area contributed by atoms with Gasteiger partial charge in [-0.15, -0.1) is 0 Å². The zero-order chi connectivity index (χ0) is 22.8.